The molecule has 0 radical (unpaired) electrons. The van der Waals surface area contributed by atoms with E-state index in [2.05, 4.69) is 36.4 Å². The molecule has 2 heterocycles. The second-order valence-electron chi connectivity index (χ2n) is 5.87. The van der Waals surface area contributed by atoms with Crippen LogP contribution in [0.4, 0.5) is 0 Å². The molecule has 0 unspecified atom stereocenters. The summed E-state index contributed by atoms with van der Waals surface area (Å²) in [5.41, 5.74) is 6.02. The Morgan fingerprint density at radius 3 is 2.20 bits per heavy atom. The first-order chi connectivity index (χ1) is 12.3. The molecular formula is C22H17NO2. The number of hydrogen-bond acceptors (Lipinski definition) is 2. The number of esters is 1. The van der Waals surface area contributed by atoms with Gasteiger partial charge in [-0.15, -0.1) is 0 Å². The maximum atomic E-state index is 11.8. The molecule has 0 amide bonds. The van der Waals surface area contributed by atoms with Gasteiger partial charge in [0.15, 0.2) is 0 Å². The molecule has 0 aliphatic heterocycles. The molecule has 2 aromatic carbocycles. The minimum atomic E-state index is -0.325. The molecule has 0 aliphatic carbocycles. The third-order valence-corrected chi connectivity index (χ3v) is 4.34. The van der Waals surface area contributed by atoms with Gasteiger partial charge < -0.3 is 9.14 Å². The maximum Gasteiger partial charge on any atom is 0.339 e. The highest BCUT2D eigenvalue weighted by molar-refractivity contribution is 5.91. The third kappa shape index (κ3) is 2.81. The van der Waals surface area contributed by atoms with Crippen molar-refractivity contribution >= 4 is 11.5 Å². The van der Waals surface area contributed by atoms with E-state index in [-0.39, 0.29) is 5.97 Å². The van der Waals surface area contributed by atoms with E-state index in [0.29, 0.717) is 5.56 Å². The Kier molecular flexibility index (Phi) is 3.82. The SMILES string of the molecule is COC(=O)c1cc2cccc(-c3ccc(-c4ccccc4)cc3)n2c1. The molecule has 2 aromatic heterocycles. The molecule has 4 aromatic rings. The highest BCUT2D eigenvalue weighted by Gasteiger charge is 2.11. The largest absolute Gasteiger partial charge is 0.465 e. The van der Waals surface area contributed by atoms with Gasteiger partial charge in [-0.3, -0.25) is 0 Å². The van der Waals surface area contributed by atoms with E-state index in [1.807, 2.05) is 53.1 Å². The van der Waals surface area contributed by atoms with Gasteiger partial charge in [0.1, 0.15) is 0 Å². The zero-order valence-corrected chi connectivity index (χ0v) is 13.8. The van der Waals surface area contributed by atoms with Gasteiger partial charge in [0.05, 0.1) is 18.4 Å². The van der Waals surface area contributed by atoms with Crippen molar-refractivity contribution in [2.45, 2.75) is 0 Å². The molecule has 4 rings (SSSR count). The Bertz CT molecular complexity index is 1030. The summed E-state index contributed by atoms with van der Waals surface area (Å²) in [6.07, 6.45) is 1.82. The molecule has 122 valence electrons. The van der Waals surface area contributed by atoms with Crippen LogP contribution in [-0.2, 0) is 4.74 Å². The summed E-state index contributed by atoms with van der Waals surface area (Å²) < 4.78 is 6.84. The van der Waals surface area contributed by atoms with Crippen LogP contribution < -0.4 is 0 Å². The fraction of sp³-hybridized carbons (Fsp3) is 0.0455. The quantitative estimate of drug-likeness (QED) is 0.492. The van der Waals surface area contributed by atoms with Crippen molar-refractivity contribution in [1.29, 1.82) is 0 Å². The van der Waals surface area contributed by atoms with E-state index in [0.717, 1.165) is 16.8 Å². The van der Waals surface area contributed by atoms with Gasteiger partial charge in [-0.1, -0.05) is 60.7 Å². The van der Waals surface area contributed by atoms with Crippen LogP contribution in [0.15, 0.2) is 85.1 Å². The molecule has 0 saturated carbocycles. The lowest BCUT2D eigenvalue weighted by Gasteiger charge is -2.08. The summed E-state index contributed by atoms with van der Waals surface area (Å²) in [5, 5.41) is 0. The maximum absolute atomic E-state index is 11.8. The summed E-state index contributed by atoms with van der Waals surface area (Å²) in [4.78, 5) is 11.8. The monoisotopic (exact) mass is 327 g/mol. The van der Waals surface area contributed by atoms with Gasteiger partial charge in [-0.05, 0) is 34.9 Å². The predicted molar refractivity (Wildman–Crippen MR) is 99.6 cm³/mol. The first-order valence-corrected chi connectivity index (χ1v) is 8.11. The van der Waals surface area contributed by atoms with Gasteiger partial charge in [0.25, 0.3) is 0 Å². The highest BCUT2D eigenvalue weighted by Crippen LogP contribution is 2.26. The average molecular weight is 327 g/mol. The second kappa shape index (κ2) is 6.29. The molecule has 0 N–H and O–H groups in total. The molecule has 0 spiro atoms. The van der Waals surface area contributed by atoms with Gasteiger partial charge in [0.2, 0.25) is 0 Å². The van der Waals surface area contributed by atoms with Gasteiger partial charge in [0, 0.05) is 11.7 Å². The van der Waals surface area contributed by atoms with E-state index in [9.17, 15) is 4.79 Å². The molecule has 0 atom stereocenters. The van der Waals surface area contributed by atoms with E-state index in [1.165, 1.54) is 18.2 Å². The molecule has 0 fully saturated rings. The zero-order valence-electron chi connectivity index (χ0n) is 13.8. The number of carbonyl (C=O) groups is 1. The molecular weight excluding hydrogens is 310 g/mol. The number of benzene rings is 2. The summed E-state index contributed by atoms with van der Waals surface area (Å²) >= 11 is 0. The zero-order chi connectivity index (χ0) is 17.2. The number of carbonyl (C=O) groups excluding carboxylic acids is 1. The van der Waals surface area contributed by atoms with E-state index < -0.39 is 0 Å². The normalized spacial score (nSPS) is 10.8. The lowest BCUT2D eigenvalue weighted by Crippen LogP contribution is -1.98. The highest BCUT2D eigenvalue weighted by atomic mass is 16.5. The molecule has 3 nitrogen and oxygen atoms in total. The number of nitrogens with zero attached hydrogens (tertiary/aromatic N) is 1. The Hall–Kier alpha value is -3.33. The van der Waals surface area contributed by atoms with Gasteiger partial charge in [-0.25, -0.2) is 4.79 Å². The summed E-state index contributed by atoms with van der Waals surface area (Å²) in [6, 6.07) is 26.6. The number of hydrogen-bond donors (Lipinski definition) is 0. The van der Waals surface area contributed by atoms with Crippen LogP contribution in [0.5, 0.6) is 0 Å². The number of rotatable bonds is 3. The van der Waals surface area contributed by atoms with Crippen LogP contribution in [-0.4, -0.2) is 17.5 Å². The molecule has 0 saturated heterocycles. The van der Waals surface area contributed by atoms with E-state index in [4.69, 9.17) is 4.74 Å². The number of aromatic nitrogens is 1. The number of fused-ring (bicyclic) bond motifs is 1. The van der Waals surface area contributed by atoms with Crippen LogP contribution in [0.3, 0.4) is 0 Å². The van der Waals surface area contributed by atoms with Gasteiger partial charge in [-0.2, -0.15) is 0 Å². The van der Waals surface area contributed by atoms with Crippen LogP contribution in [0.2, 0.25) is 0 Å². The first kappa shape index (κ1) is 15.2. The topological polar surface area (TPSA) is 30.7 Å². The second-order valence-corrected chi connectivity index (χ2v) is 5.87. The van der Waals surface area contributed by atoms with Gasteiger partial charge >= 0.3 is 5.97 Å². The third-order valence-electron chi connectivity index (χ3n) is 4.34. The van der Waals surface area contributed by atoms with Crippen LogP contribution in [0, 0.1) is 0 Å². The average Bonchev–Trinajstić information content (AvgIpc) is 3.12. The fourth-order valence-corrected chi connectivity index (χ4v) is 3.06. The molecule has 0 aliphatic rings. The fourth-order valence-electron chi connectivity index (χ4n) is 3.06. The number of methoxy groups -OCH3 is 1. The van der Waals surface area contributed by atoms with Crippen LogP contribution in [0.1, 0.15) is 10.4 Å². The Labute approximate surface area is 146 Å². The van der Waals surface area contributed by atoms with Crippen molar-refractivity contribution in [2.75, 3.05) is 7.11 Å². The smallest absolute Gasteiger partial charge is 0.339 e. The Balaban J connectivity index is 1.77. The van der Waals surface area contributed by atoms with Crippen molar-refractivity contribution in [2.24, 2.45) is 0 Å². The summed E-state index contributed by atoms with van der Waals surface area (Å²) in [6.45, 7) is 0. The summed E-state index contributed by atoms with van der Waals surface area (Å²) in [7, 11) is 1.40. The molecule has 3 heteroatoms. The Morgan fingerprint density at radius 2 is 1.48 bits per heavy atom. The Morgan fingerprint density at radius 1 is 0.800 bits per heavy atom. The van der Waals surface area contributed by atoms with E-state index >= 15 is 0 Å². The van der Waals surface area contributed by atoms with Crippen molar-refractivity contribution in [3.63, 3.8) is 0 Å². The van der Waals surface area contributed by atoms with Crippen molar-refractivity contribution < 1.29 is 9.53 Å². The lowest BCUT2D eigenvalue weighted by molar-refractivity contribution is 0.0601. The van der Waals surface area contributed by atoms with Crippen molar-refractivity contribution in [3.8, 4) is 22.4 Å². The summed E-state index contributed by atoms with van der Waals surface area (Å²) in [5.74, 6) is -0.325. The minimum Gasteiger partial charge on any atom is -0.465 e. The predicted octanol–water partition coefficient (Wildman–Crippen LogP) is 5.06. The van der Waals surface area contributed by atoms with E-state index in [1.54, 1.807) is 0 Å². The first-order valence-electron chi connectivity index (χ1n) is 8.11. The number of ether oxygens (including phenoxy) is 1. The van der Waals surface area contributed by atoms with Crippen molar-refractivity contribution in [1.82, 2.24) is 4.40 Å². The standard InChI is InChI=1S/C22H17NO2/c1-25-22(24)19-14-20-8-5-9-21(23(20)15-19)18-12-10-17(11-13-18)16-6-3-2-4-7-16/h2-15H,1H3. The van der Waals surface area contributed by atoms with Crippen molar-refractivity contribution in [3.05, 3.63) is 90.6 Å². The molecule has 0 bridgehead atoms. The lowest BCUT2D eigenvalue weighted by atomic mass is 10.0. The molecule has 25 heavy (non-hydrogen) atoms. The van der Waals surface area contributed by atoms with Crippen LogP contribution in [0.25, 0.3) is 27.9 Å². The minimum absolute atomic E-state index is 0.325. The van der Waals surface area contributed by atoms with Crippen LogP contribution >= 0.6 is 0 Å². The number of pyridine rings is 1.